The van der Waals surface area contributed by atoms with Crippen LogP contribution < -0.4 is 5.32 Å². The average Bonchev–Trinajstić information content (AvgIpc) is 3.14. The Morgan fingerprint density at radius 3 is 2.57 bits per heavy atom. The number of sulfone groups is 1. The highest BCUT2D eigenvalue weighted by molar-refractivity contribution is 14.0. The molecule has 168 valence electrons. The highest BCUT2D eigenvalue weighted by Gasteiger charge is 2.13. The average molecular weight is 567 g/mol. The van der Waals surface area contributed by atoms with Gasteiger partial charge in [0.1, 0.15) is 11.1 Å². The van der Waals surface area contributed by atoms with E-state index in [4.69, 9.17) is 9.73 Å². The minimum absolute atomic E-state index is 0. The zero-order chi connectivity index (χ0) is 21.4. The van der Waals surface area contributed by atoms with Crippen molar-refractivity contribution in [1.29, 1.82) is 0 Å². The minimum Gasteiger partial charge on any atom is -0.375 e. The number of nitrogens with zero attached hydrogens (tertiary/aromatic N) is 3. The maximum absolute atomic E-state index is 11.6. The van der Waals surface area contributed by atoms with Crippen LogP contribution >= 0.6 is 35.3 Å². The van der Waals surface area contributed by atoms with E-state index in [9.17, 15) is 8.42 Å². The molecule has 0 fully saturated rings. The second kappa shape index (κ2) is 12.6. The fourth-order valence-electron chi connectivity index (χ4n) is 2.66. The zero-order valence-corrected chi connectivity index (χ0v) is 22.0. The largest absolute Gasteiger partial charge is 0.375 e. The van der Waals surface area contributed by atoms with Crippen molar-refractivity contribution in [3.63, 3.8) is 0 Å². The number of ether oxygens (including phenoxy) is 1. The van der Waals surface area contributed by atoms with Crippen LogP contribution in [-0.2, 0) is 27.5 Å². The van der Waals surface area contributed by atoms with Crippen molar-refractivity contribution in [3.05, 3.63) is 45.9 Å². The summed E-state index contributed by atoms with van der Waals surface area (Å²) in [5.74, 6) is 0.814. The summed E-state index contributed by atoms with van der Waals surface area (Å²) < 4.78 is 28.4. The van der Waals surface area contributed by atoms with Crippen molar-refractivity contribution in [2.24, 2.45) is 4.99 Å². The highest BCUT2D eigenvalue weighted by atomic mass is 127. The lowest BCUT2D eigenvalue weighted by atomic mass is 10.1. The number of thiazole rings is 1. The lowest BCUT2D eigenvalue weighted by molar-refractivity contribution is 0.119. The molecule has 0 spiro atoms. The lowest BCUT2D eigenvalue weighted by Gasteiger charge is -2.21. The van der Waals surface area contributed by atoms with E-state index < -0.39 is 9.84 Å². The Morgan fingerprint density at radius 1 is 1.33 bits per heavy atom. The van der Waals surface area contributed by atoms with Gasteiger partial charge in [0.05, 0.1) is 17.1 Å². The Kier molecular flexibility index (Phi) is 11.2. The molecule has 0 aliphatic heterocycles. The first kappa shape index (κ1) is 26.8. The normalized spacial score (nSPS) is 12.9. The predicted molar refractivity (Wildman–Crippen MR) is 134 cm³/mol. The van der Waals surface area contributed by atoms with Crippen molar-refractivity contribution in [2.75, 3.05) is 33.5 Å². The fourth-order valence-corrected chi connectivity index (χ4v) is 4.14. The summed E-state index contributed by atoms with van der Waals surface area (Å²) in [6, 6.07) is 6.98. The van der Waals surface area contributed by atoms with Gasteiger partial charge in [-0.2, -0.15) is 0 Å². The summed E-state index contributed by atoms with van der Waals surface area (Å²) in [5, 5.41) is 6.32. The quantitative estimate of drug-likeness (QED) is 0.284. The molecule has 0 aliphatic carbocycles. The molecule has 0 aliphatic rings. The summed E-state index contributed by atoms with van der Waals surface area (Å²) in [5.41, 5.74) is 2.04. The van der Waals surface area contributed by atoms with E-state index in [2.05, 4.69) is 10.3 Å². The van der Waals surface area contributed by atoms with E-state index in [1.807, 2.05) is 43.3 Å². The van der Waals surface area contributed by atoms with Crippen LogP contribution in [0.25, 0.3) is 0 Å². The third-order valence-corrected chi connectivity index (χ3v) is 6.56. The molecule has 30 heavy (non-hydrogen) atoms. The molecule has 0 radical (unpaired) electrons. The van der Waals surface area contributed by atoms with Gasteiger partial charge in [-0.1, -0.05) is 12.1 Å². The van der Waals surface area contributed by atoms with Crippen LogP contribution in [0.4, 0.5) is 0 Å². The van der Waals surface area contributed by atoms with Gasteiger partial charge in [0.15, 0.2) is 15.8 Å². The molecule has 1 unspecified atom stereocenters. The van der Waals surface area contributed by atoms with Gasteiger partial charge >= 0.3 is 0 Å². The summed E-state index contributed by atoms with van der Waals surface area (Å²) >= 11 is 1.60. The summed E-state index contributed by atoms with van der Waals surface area (Å²) in [7, 11) is 0.506. The van der Waals surface area contributed by atoms with E-state index in [1.54, 1.807) is 30.6 Å². The Morgan fingerprint density at radius 2 is 2.00 bits per heavy atom. The summed E-state index contributed by atoms with van der Waals surface area (Å²) in [6.07, 6.45) is 1.94. The number of guanidine groups is 1. The van der Waals surface area contributed by atoms with Crippen LogP contribution in [-0.4, -0.2) is 57.8 Å². The number of aliphatic imine (C=N–C) groups is 1. The number of hydrogen-bond acceptors (Lipinski definition) is 6. The SMILES string of the molecule is CCNC(=NCCc1ccc(S(C)(=O)=O)cc1)N(C)Cc1csc(C(C)OC)n1.I. The third kappa shape index (κ3) is 8.12. The Hall–Kier alpha value is -1.24. The number of aromatic nitrogens is 1. The number of methoxy groups -OCH3 is 1. The monoisotopic (exact) mass is 566 g/mol. The van der Waals surface area contributed by atoms with Crippen molar-refractivity contribution >= 4 is 51.1 Å². The van der Waals surface area contributed by atoms with Gasteiger partial charge in [-0.05, 0) is 38.0 Å². The number of hydrogen-bond donors (Lipinski definition) is 1. The molecule has 1 aromatic heterocycles. The number of benzene rings is 1. The van der Waals surface area contributed by atoms with Crippen molar-refractivity contribution < 1.29 is 13.2 Å². The molecule has 0 amide bonds. The smallest absolute Gasteiger partial charge is 0.194 e. The van der Waals surface area contributed by atoms with E-state index in [-0.39, 0.29) is 30.1 Å². The maximum Gasteiger partial charge on any atom is 0.194 e. The van der Waals surface area contributed by atoms with Crippen molar-refractivity contribution in [2.45, 2.75) is 37.8 Å². The maximum atomic E-state index is 11.6. The van der Waals surface area contributed by atoms with Crippen molar-refractivity contribution in [1.82, 2.24) is 15.2 Å². The molecule has 10 heteroatoms. The topological polar surface area (TPSA) is 83.9 Å². The molecule has 0 saturated carbocycles. The summed E-state index contributed by atoms with van der Waals surface area (Å²) in [4.78, 5) is 11.7. The van der Waals surface area contributed by atoms with Crippen LogP contribution in [0.15, 0.2) is 39.5 Å². The van der Waals surface area contributed by atoms with Gasteiger partial charge in [0.2, 0.25) is 0 Å². The number of rotatable bonds is 9. The van der Waals surface area contributed by atoms with E-state index >= 15 is 0 Å². The minimum atomic E-state index is -3.16. The van der Waals surface area contributed by atoms with Crippen LogP contribution in [0.5, 0.6) is 0 Å². The van der Waals surface area contributed by atoms with Gasteiger partial charge in [-0.15, -0.1) is 35.3 Å². The molecule has 2 aromatic rings. The molecule has 1 N–H and O–H groups in total. The first-order valence-electron chi connectivity index (χ1n) is 9.50. The van der Waals surface area contributed by atoms with Crippen LogP contribution in [0.3, 0.4) is 0 Å². The summed E-state index contributed by atoms with van der Waals surface area (Å²) in [6.45, 7) is 6.06. The predicted octanol–water partition coefficient (Wildman–Crippen LogP) is 3.51. The molecular formula is C20H31IN4O3S2. The lowest BCUT2D eigenvalue weighted by Crippen LogP contribution is -2.38. The van der Waals surface area contributed by atoms with Crippen LogP contribution in [0.1, 0.15) is 36.2 Å². The standard InChI is InChI=1S/C20H30N4O3S2.HI/c1-6-21-20(24(3)13-17-14-28-19(23-17)15(2)27-4)22-12-11-16-7-9-18(10-8-16)29(5,25)26;/h7-10,14-15H,6,11-13H2,1-5H3,(H,21,22);1H. The van der Waals surface area contributed by atoms with Gasteiger partial charge in [0.25, 0.3) is 0 Å². The molecule has 7 nitrogen and oxygen atoms in total. The van der Waals surface area contributed by atoms with Gasteiger partial charge in [0, 0.05) is 38.9 Å². The first-order valence-corrected chi connectivity index (χ1v) is 12.3. The van der Waals surface area contributed by atoms with E-state index in [0.717, 1.165) is 35.2 Å². The molecule has 1 heterocycles. The third-order valence-electron chi connectivity index (χ3n) is 4.38. The molecule has 1 aromatic carbocycles. The second-order valence-electron chi connectivity index (χ2n) is 6.81. The zero-order valence-electron chi connectivity index (χ0n) is 18.1. The van der Waals surface area contributed by atoms with Crippen molar-refractivity contribution in [3.8, 4) is 0 Å². The molecule has 0 bridgehead atoms. The van der Waals surface area contributed by atoms with E-state index in [1.165, 1.54) is 6.26 Å². The van der Waals surface area contributed by atoms with Gasteiger partial charge in [-0.3, -0.25) is 4.99 Å². The Labute approximate surface area is 200 Å². The number of nitrogens with one attached hydrogen (secondary N) is 1. The number of halogens is 1. The second-order valence-corrected chi connectivity index (χ2v) is 9.72. The van der Waals surface area contributed by atoms with Gasteiger partial charge < -0.3 is 15.0 Å². The first-order chi connectivity index (χ1) is 13.7. The molecular weight excluding hydrogens is 535 g/mol. The van der Waals surface area contributed by atoms with Gasteiger partial charge in [-0.25, -0.2) is 13.4 Å². The Balaban J connectivity index is 0.00000450. The van der Waals surface area contributed by atoms with E-state index in [0.29, 0.717) is 18.0 Å². The van der Waals surface area contributed by atoms with Crippen LogP contribution in [0, 0.1) is 0 Å². The van der Waals surface area contributed by atoms with Crippen LogP contribution in [0.2, 0.25) is 0 Å². The highest BCUT2D eigenvalue weighted by Crippen LogP contribution is 2.21. The molecule has 2 rings (SSSR count). The fraction of sp³-hybridized carbons (Fsp3) is 0.500. The molecule has 1 atom stereocenters. The Bertz CT molecular complexity index is 914. The molecule has 0 saturated heterocycles.